The first-order chi connectivity index (χ1) is 13.5. The van der Waals surface area contributed by atoms with Gasteiger partial charge in [0.25, 0.3) is 0 Å². The molecule has 1 aliphatic heterocycles. The number of nitrogens with zero attached hydrogens (tertiary/aromatic N) is 6. The molecule has 3 heterocycles. The second-order valence-corrected chi connectivity index (χ2v) is 7.73. The molecule has 0 atom stereocenters. The molecule has 2 aromatic rings. The molecule has 1 fully saturated rings. The van der Waals surface area contributed by atoms with Crippen molar-refractivity contribution in [2.45, 2.75) is 13.1 Å². The van der Waals surface area contributed by atoms with Crippen molar-refractivity contribution in [1.82, 2.24) is 24.7 Å². The van der Waals surface area contributed by atoms with E-state index >= 15 is 0 Å². The molecule has 152 valence electrons. The number of likely N-dealkylation sites (N-methyl/N-ethyl adjacent to an activating group) is 1. The van der Waals surface area contributed by atoms with E-state index in [4.69, 9.17) is 11.6 Å². The summed E-state index contributed by atoms with van der Waals surface area (Å²) < 4.78 is 2.04. The third-order valence-corrected chi connectivity index (χ3v) is 5.36. The van der Waals surface area contributed by atoms with Crippen molar-refractivity contribution in [3.05, 3.63) is 46.9 Å². The fraction of sp³-hybridized carbons (Fsp3) is 0.500. The maximum atomic E-state index is 6.10. The molecule has 0 aliphatic carbocycles. The second kappa shape index (κ2) is 9.30. The highest BCUT2D eigenvalue weighted by molar-refractivity contribution is 6.30. The minimum absolute atomic E-state index is 0.681. The third kappa shape index (κ3) is 4.97. The zero-order valence-electron chi connectivity index (χ0n) is 17.2. The number of anilines is 1. The number of hydrogen-bond donors (Lipinski definition) is 1. The maximum absolute atomic E-state index is 6.10. The Kier molecular flexibility index (Phi) is 6.80. The lowest BCUT2D eigenvalue weighted by Gasteiger charge is -2.34. The number of hydrogen-bond acceptors (Lipinski definition) is 4. The van der Waals surface area contributed by atoms with Gasteiger partial charge in [0, 0.05) is 77.5 Å². The van der Waals surface area contributed by atoms with Crippen LogP contribution in [0.3, 0.4) is 0 Å². The van der Waals surface area contributed by atoms with E-state index in [2.05, 4.69) is 43.1 Å². The normalized spacial score (nSPS) is 15.8. The first-order valence-electron chi connectivity index (χ1n) is 9.58. The van der Waals surface area contributed by atoms with Crippen molar-refractivity contribution in [2.24, 2.45) is 12.0 Å². The summed E-state index contributed by atoms with van der Waals surface area (Å²) in [6.07, 6.45) is 3.79. The van der Waals surface area contributed by atoms with Gasteiger partial charge < -0.3 is 24.6 Å². The van der Waals surface area contributed by atoms with Crippen LogP contribution in [0.25, 0.3) is 0 Å². The molecule has 28 heavy (non-hydrogen) atoms. The first-order valence-corrected chi connectivity index (χ1v) is 9.95. The van der Waals surface area contributed by atoms with Crippen LogP contribution in [0.1, 0.15) is 11.3 Å². The van der Waals surface area contributed by atoms with E-state index < -0.39 is 0 Å². The van der Waals surface area contributed by atoms with Gasteiger partial charge in [-0.2, -0.15) is 0 Å². The van der Waals surface area contributed by atoms with Crippen LogP contribution in [0.15, 0.2) is 35.6 Å². The number of halogens is 1. The zero-order valence-corrected chi connectivity index (χ0v) is 17.9. The van der Waals surface area contributed by atoms with Gasteiger partial charge >= 0.3 is 0 Å². The van der Waals surface area contributed by atoms with E-state index in [0.29, 0.717) is 6.54 Å². The van der Waals surface area contributed by atoms with Crippen molar-refractivity contribution in [2.75, 3.05) is 52.2 Å². The van der Waals surface area contributed by atoms with E-state index in [1.807, 2.05) is 43.2 Å². The Hall–Kier alpha value is -2.25. The summed E-state index contributed by atoms with van der Waals surface area (Å²) >= 11 is 6.10. The topological polar surface area (TPSA) is 51.9 Å². The van der Waals surface area contributed by atoms with E-state index in [1.54, 1.807) is 7.05 Å². The largest absolute Gasteiger partial charge is 0.354 e. The fourth-order valence-corrected chi connectivity index (χ4v) is 3.74. The van der Waals surface area contributed by atoms with E-state index in [1.165, 1.54) is 5.56 Å². The summed E-state index contributed by atoms with van der Waals surface area (Å²) in [5.74, 6) is 1.90. The summed E-state index contributed by atoms with van der Waals surface area (Å²) in [5.41, 5.74) is 2.32. The van der Waals surface area contributed by atoms with Crippen LogP contribution in [0.4, 0.5) is 5.82 Å². The Bertz CT molecular complexity index is 809. The summed E-state index contributed by atoms with van der Waals surface area (Å²) in [4.78, 5) is 15.9. The molecule has 0 saturated carbocycles. The van der Waals surface area contributed by atoms with Gasteiger partial charge in [-0.15, -0.1) is 0 Å². The molecule has 2 aromatic heterocycles. The van der Waals surface area contributed by atoms with E-state index in [-0.39, 0.29) is 0 Å². The number of rotatable bonds is 5. The Labute approximate surface area is 172 Å². The molecule has 0 aromatic carbocycles. The predicted molar refractivity (Wildman–Crippen MR) is 116 cm³/mol. The first kappa shape index (κ1) is 20.5. The minimum Gasteiger partial charge on any atom is -0.354 e. The van der Waals surface area contributed by atoms with Gasteiger partial charge in [-0.1, -0.05) is 17.7 Å². The lowest BCUT2D eigenvalue weighted by molar-refractivity contribution is 0.311. The van der Waals surface area contributed by atoms with Crippen molar-refractivity contribution in [3.8, 4) is 0 Å². The Morgan fingerprint density at radius 2 is 2.04 bits per heavy atom. The fourth-order valence-electron chi connectivity index (χ4n) is 3.47. The second-order valence-electron chi connectivity index (χ2n) is 7.29. The predicted octanol–water partition coefficient (Wildman–Crippen LogP) is 2.03. The molecule has 0 bridgehead atoms. The third-order valence-electron chi connectivity index (χ3n) is 5.15. The number of piperazine rings is 1. The highest BCUT2D eigenvalue weighted by atomic mass is 35.5. The summed E-state index contributed by atoms with van der Waals surface area (Å²) in [6, 6.07) is 6.12. The molecule has 1 saturated heterocycles. The van der Waals surface area contributed by atoms with Crippen LogP contribution in [0, 0.1) is 0 Å². The zero-order chi connectivity index (χ0) is 20.1. The summed E-state index contributed by atoms with van der Waals surface area (Å²) in [7, 11) is 8.00. The molecule has 0 spiro atoms. The van der Waals surface area contributed by atoms with Gasteiger partial charge in [-0.3, -0.25) is 4.99 Å². The number of guanidine groups is 1. The number of pyridine rings is 1. The van der Waals surface area contributed by atoms with Gasteiger partial charge in [-0.25, -0.2) is 4.98 Å². The highest BCUT2D eigenvalue weighted by Crippen LogP contribution is 2.19. The van der Waals surface area contributed by atoms with Crippen molar-refractivity contribution in [3.63, 3.8) is 0 Å². The van der Waals surface area contributed by atoms with Crippen LogP contribution in [-0.2, 0) is 20.1 Å². The van der Waals surface area contributed by atoms with Crippen molar-refractivity contribution >= 4 is 23.4 Å². The maximum Gasteiger partial charge on any atom is 0.194 e. The smallest absolute Gasteiger partial charge is 0.194 e. The Morgan fingerprint density at radius 1 is 1.29 bits per heavy atom. The summed E-state index contributed by atoms with van der Waals surface area (Å²) in [5, 5.41) is 4.23. The Balaban J connectivity index is 1.64. The molecule has 0 radical (unpaired) electrons. The molecule has 8 heteroatoms. The monoisotopic (exact) mass is 403 g/mol. The quantitative estimate of drug-likeness (QED) is 0.611. The number of aryl methyl sites for hydroxylation is 1. The molecule has 0 amide bonds. The summed E-state index contributed by atoms with van der Waals surface area (Å²) in [6.45, 7) is 5.54. The lowest BCUT2D eigenvalue weighted by atomic mass is 10.2. The van der Waals surface area contributed by atoms with Crippen LogP contribution >= 0.6 is 11.6 Å². The van der Waals surface area contributed by atoms with Crippen molar-refractivity contribution < 1.29 is 0 Å². The molecule has 1 N–H and O–H groups in total. The number of nitrogens with one attached hydrogen (secondary N) is 1. The molecule has 0 unspecified atom stereocenters. The molecule has 1 aliphatic rings. The SMILES string of the molecule is CN=C(NCc1cccnc1N1CCN(C)CC1)N(C)Cc1cc(Cl)cn1C. The van der Waals surface area contributed by atoms with Crippen LogP contribution in [0.2, 0.25) is 5.02 Å². The standard InChI is InChI=1S/C20H30ClN7/c1-22-20(27(4)15-18-12-17(21)14-26(18)3)24-13-16-6-5-7-23-19(16)28-10-8-25(2)9-11-28/h5-7,12,14H,8-11,13,15H2,1-4H3,(H,22,24). The van der Waals surface area contributed by atoms with Gasteiger partial charge in [0.2, 0.25) is 0 Å². The number of aromatic nitrogens is 2. The van der Waals surface area contributed by atoms with Crippen LogP contribution in [-0.4, -0.2) is 72.6 Å². The lowest BCUT2D eigenvalue weighted by Crippen LogP contribution is -2.45. The molecule has 3 rings (SSSR count). The average Bonchev–Trinajstić information content (AvgIpc) is 3.00. The van der Waals surface area contributed by atoms with Gasteiger partial charge in [0.15, 0.2) is 5.96 Å². The van der Waals surface area contributed by atoms with E-state index in [9.17, 15) is 0 Å². The molecule has 7 nitrogen and oxygen atoms in total. The Morgan fingerprint density at radius 3 is 2.68 bits per heavy atom. The van der Waals surface area contributed by atoms with Crippen LogP contribution in [0.5, 0.6) is 0 Å². The van der Waals surface area contributed by atoms with Crippen LogP contribution < -0.4 is 10.2 Å². The van der Waals surface area contributed by atoms with Gasteiger partial charge in [0.05, 0.1) is 11.6 Å². The van der Waals surface area contributed by atoms with Gasteiger partial charge in [0.1, 0.15) is 5.82 Å². The average molecular weight is 404 g/mol. The van der Waals surface area contributed by atoms with Crippen molar-refractivity contribution in [1.29, 1.82) is 0 Å². The highest BCUT2D eigenvalue weighted by Gasteiger charge is 2.18. The van der Waals surface area contributed by atoms with Gasteiger partial charge in [-0.05, 0) is 19.2 Å². The molecular formula is C20H30ClN7. The van der Waals surface area contributed by atoms with E-state index in [0.717, 1.165) is 55.2 Å². The molecular weight excluding hydrogens is 374 g/mol. The minimum atomic E-state index is 0.681. The number of aliphatic imine (C=N–C) groups is 1.